The molecule has 0 spiro atoms. The monoisotopic (exact) mass is 211 g/mol. The van der Waals surface area contributed by atoms with E-state index >= 15 is 0 Å². The number of nitrogens with one attached hydrogen (secondary N) is 1. The Morgan fingerprint density at radius 2 is 2.36 bits per heavy atom. The van der Waals surface area contributed by atoms with Crippen LogP contribution in [0.1, 0.15) is 5.82 Å². The molecule has 0 bridgehead atoms. The number of H-pyrrole nitrogens is 1. The average molecular weight is 211 g/mol. The summed E-state index contributed by atoms with van der Waals surface area (Å²) >= 11 is 1.91. The minimum atomic E-state index is 0.181. The van der Waals surface area contributed by atoms with Crippen molar-refractivity contribution in [2.75, 3.05) is 24.6 Å². The van der Waals surface area contributed by atoms with Gasteiger partial charge >= 0.3 is 0 Å². The fourth-order valence-corrected chi connectivity index (χ4v) is 2.37. The van der Waals surface area contributed by atoms with Crippen molar-refractivity contribution in [3.63, 3.8) is 0 Å². The van der Waals surface area contributed by atoms with Crippen molar-refractivity contribution in [1.82, 2.24) is 14.9 Å². The van der Waals surface area contributed by atoms with Crippen molar-refractivity contribution >= 4 is 17.7 Å². The van der Waals surface area contributed by atoms with Crippen molar-refractivity contribution in [1.29, 1.82) is 0 Å². The van der Waals surface area contributed by atoms with E-state index in [-0.39, 0.29) is 5.91 Å². The third kappa shape index (κ3) is 2.29. The van der Waals surface area contributed by atoms with Gasteiger partial charge in [-0.1, -0.05) is 0 Å². The minimum Gasteiger partial charge on any atom is -0.348 e. The largest absolute Gasteiger partial charge is 0.348 e. The number of imidazole rings is 1. The van der Waals surface area contributed by atoms with Gasteiger partial charge in [-0.3, -0.25) is 4.79 Å². The lowest BCUT2D eigenvalue weighted by Crippen LogP contribution is -2.38. The Kier molecular flexibility index (Phi) is 3.08. The van der Waals surface area contributed by atoms with Crippen LogP contribution >= 0.6 is 11.8 Å². The van der Waals surface area contributed by atoms with Crippen molar-refractivity contribution in [2.45, 2.75) is 6.42 Å². The summed E-state index contributed by atoms with van der Waals surface area (Å²) in [5, 5.41) is 0. The summed E-state index contributed by atoms with van der Waals surface area (Å²) in [6, 6.07) is 0. The Morgan fingerprint density at radius 1 is 1.57 bits per heavy atom. The number of thioether (sulfide) groups is 1. The zero-order chi connectivity index (χ0) is 9.80. The van der Waals surface area contributed by atoms with Crippen molar-refractivity contribution in [3.8, 4) is 0 Å². The van der Waals surface area contributed by atoms with Gasteiger partial charge in [-0.05, 0) is 0 Å². The van der Waals surface area contributed by atoms with Gasteiger partial charge < -0.3 is 9.88 Å². The maximum atomic E-state index is 11.7. The molecule has 0 unspecified atom stereocenters. The fraction of sp³-hybridized carbons (Fsp3) is 0.556. The molecule has 1 aromatic heterocycles. The summed E-state index contributed by atoms with van der Waals surface area (Å²) in [7, 11) is 0. The predicted octanol–water partition coefficient (Wildman–Crippen LogP) is 0.528. The van der Waals surface area contributed by atoms with E-state index in [1.165, 1.54) is 0 Å². The number of nitrogens with zero attached hydrogens (tertiary/aromatic N) is 2. The van der Waals surface area contributed by atoms with Crippen LogP contribution in [0, 0.1) is 0 Å². The van der Waals surface area contributed by atoms with Crippen molar-refractivity contribution in [3.05, 3.63) is 18.2 Å². The molecule has 1 fully saturated rings. The zero-order valence-corrected chi connectivity index (χ0v) is 8.72. The standard InChI is InChI=1S/C9H13N3OS/c13-9(7-8-10-1-2-11-8)12-3-5-14-6-4-12/h1-2H,3-7H2,(H,10,11). The molecule has 2 heterocycles. The van der Waals surface area contributed by atoms with Crippen LogP contribution in [-0.4, -0.2) is 45.4 Å². The van der Waals surface area contributed by atoms with E-state index < -0.39 is 0 Å². The predicted molar refractivity (Wildman–Crippen MR) is 56.2 cm³/mol. The van der Waals surface area contributed by atoms with E-state index in [0.29, 0.717) is 6.42 Å². The normalized spacial score (nSPS) is 17.0. The molecule has 14 heavy (non-hydrogen) atoms. The van der Waals surface area contributed by atoms with Crippen LogP contribution in [0.15, 0.2) is 12.4 Å². The molecular formula is C9H13N3OS. The SMILES string of the molecule is O=C(Cc1ncc[nH]1)N1CCSCC1. The first kappa shape index (κ1) is 9.58. The number of aromatic amines is 1. The molecule has 0 atom stereocenters. The van der Waals surface area contributed by atoms with Crippen molar-refractivity contribution in [2.24, 2.45) is 0 Å². The van der Waals surface area contributed by atoms with Gasteiger partial charge in [-0.25, -0.2) is 4.98 Å². The summed E-state index contributed by atoms with van der Waals surface area (Å²) in [5.41, 5.74) is 0. The number of rotatable bonds is 2. The molecule has 0 aromatic carbocycles. The third-order valence-corrected chi connectivity index (χ3v) is 3.18. The Balaban J connectivity index is 1.88. The van der Waals surface area contributed by atoms with Gasteiger partial charge in [-0.15, -0.1) is 0 Å². The number of carbonyl (C=O) groups is 1. The second kappa shape index (κ2) is 4.50. The van der Waals surface area contributed by atoms with Gasteiger partial charge in [0.25, 0.3) is 0 Å². The zero-order valence-electron chi connectivity index (χ0n) is 7.90. The first-order chi connectivity index (χ1) is 6.86. The van der Waals surface area contributed by atoms with Crippen LogP contribution in [0.25, 0.3) is 0 Å². The molecule has 4 nitrogen and oxygen atoms in total. The number of hydrogen-bond acceptors (Lipinski definition) is 3. The van der Waals surface area contributed by atoms with Crippen LogP contribution < -0.4 is 0 Å². The van der Waals surface area contributed by atoms with Gasteiger partial charge in [-0.2, -0.15) is 11.8 Å². The molecule has 76 valence electrons. The van der Waals surface area contributed by atoms with Gasteiger partial charge in [0, 0.05) is 37.0 Å². The summed E-state index contributed by atoms with van der Waals surface area (Å²) in [6.45, 7) is 1.76. The first-order valence-corrected chi connectivity index (χ1v) is 5.85. The van der Waals surface area contributed by atoms with E-state index in [1.54, 1.807) is 12.4 Å². The smallest absolute Gasteiger partial charge is 0.230 e. The molecule has 1 aromatic rings. The van der Waals surface area contributed by atoms with Crippen LogP contribution in [-0.2, 0) is 11.2 Å². The summed E-state index contributed by atoms with van der Waals surface area (Å²) in [5.74, 6) is 3.06. The molecule has 1 saturated heterocycles. The second-order valence-electron chi connectivity index (χ2n) is 3.21. The number of aromatic nitrogens is 2. The molecule has 2 rings (SSSR count). The minimum absolute atomic E-state index is 0.181. The lowest BCUT2D eigenvalue weighted by Gasteiger charge is -2.26. The number of carbonyl (C=O) groups excluding carboxylic acids is 1. The number of hydrogen-bond donors (Lipinski definition) is 1. The van der Waals surface area contributed by atoms with E-state index in [2.05, 4.69) is 9.97 Å². The van der Waals surface area contributed by atoms with E-state index in [0.717, 1.165) is 30.4 Å². The molecule has 1 aliphatic heterocycles. The second-order valence-corrected chi connectivity index (χ2v) is 4.43. The lowest BCUT2D eigenvalue weighted by atomic mass is 10.3. The number of amides is 1. The lowest BCUT2D eigenvalue weighted by molar-refractivity contribution is -0.130. The third-order valence-electron chi connectivity index (χ3n) is 2.24. The maximum absolute atomic E-state index is 11.7. The Morgan fingerprint density at radius 3 is 3.00 bits per heavy atom. The first-order valence-electron chi connectivity index (χ1n) is 4.70. The molecule has 0 saturated carbocycles. The van der Waals surface area contributed by atoms with E-state index in [1.807, 2.05) is 16.7 Å². The highest BCUT2D eigenvalue weighted by molar-refractivity contribution is 7.99. The van der Waals surface area contributed by atoms with Gasteiger partial charge in [0.1, 0.15) is 5.82 Å². The molecule has 1 amide bonds. The quantitative estimate of drug-likeness (QED) is 0.776. The maximum Gasteiger partial charge on any atom is 0.230 e. The van der Waals surface area contributed by atoms with Crippen LogP contribution in [0.3, 0.4) is 0 Å². The highest BCUT2D eigenvalue weighted by Gasteiger charge is 2.17. The van der Waals surface area contributed by atoms with Gasteiger partial charge in [0.15, 0.2) is 0 Å². The Bertz CT molecular complexity index is 293. The summed E-state index contributed by atoms with van der Waals surface area (Å²) < 4.78 is 0. The van der Waals surface area contributed by atoms with Crippen LogP contribution in [0.5, 0.6) is 0 Å². The summed E-state index contributed by atoms with van der Waals surface area (Å²) in [6.07, 6.45) is 3.82. The van der Waals surface area contributed by atoms with Gasteiger partial charge in [0.05, 0.1) is 6.42 Å². The average Bonchev–Trinajstić information content (AvgIpc) is 2.72. The molecule has 1 N–H and O–H groups in total. The molecule has 5 heteroatoms. The fourth-order valence-electron chi connectivity index (χ4n) is 1.46. The Hall–Kier alpha value is -0.970. The molecule has 0 radical (unpaired) electrons. The summed E-state index contributed by atoms with van der Waals surface area (Å²) in [4.78, 5) is 20.6. The Labute approximate surface area is 87.1 Å². The van der Waals surface area contributed by atoms with Gasteiger partial charge in [0.2, 0.25) is 5.91 Å². The topological polar surface area (TPSA) is 49.0 Å². The van der Waals surface area contributed by atoms with E-state index in [4.69, 9.17) is 0 Å². The molecular weight excluding hydrogens is 198 g/mol. The van der Waals surface area contributed by atoms with Crippen LogP contribution in [0.2, 0.25) is 0 Å². The van der Waals surface area contributed by atoms with Crippen LogP contribution in [0.4, 0.5) is 0 Å². The highest BCUT2D eigenvalue weighted by Crippen LogP contribution is 2.10. The van der Waals surface area contributed by atoms with E-state index in [9.17, 15) is 4.79 Å². The highest BCUT2D eigenvalue weighted by atomic mass is 32.2. The molecule has 1 aliphatic rings. The molecule has 0 aliphatic carbocycles. The van der Waals surface area contributed by atoms with Crippen molar-refractivity contribution < 1.29 is 4.79 Å².